The molecular weight excluding hydrogens is 196 g/mol. The summed E-state index contributed by atoms with van der Waals surface area (Å²) in [6, 6.07) is 8.83. The lowest BCUT2D eigenvalue weighted by Crippen LogP contribution is -2.11. The highest BCUT2D eigenvalue weighted by Crippen LogP contribution is 2.39. The minimum absolute atomic E-state index is 0.229. The number of aryl methyl sites for hydroxylation is 1. The zero-order valence-electron chi connectivity index (χ0n) is 10.6. The van der Waals surface area contributed by atoms with Crippen molar-refractivity contribution in [2.75, 3.05) is 0 Å². The molecule has 0 heterocycles. The quantitative estimate of drug-likeness (QED) is 0.824. The highest BCUT2D eigenvalue weighted by Gasteiger charge is 2.39. The van der Waals surface area contributed by atoms with Gasteiger partial charge in [0.1, 0.15) is 0 Å². The molecule has 1 N–H and O–H groups in total. The summed E-state index contributed by atoms with van der Waals surface area (Å²) in [5.41, 5.74) is 2.63. The Bertz CT molecular complexity index is 352. The first-order chi connectivity index (χ1) is 7.39. The third-order valence-electron chi connectivity index (χ3n) is 3.53. The van der Waals surface area contributed by atoms with E-state index in [1.165, 1.54) is 11.1 Å². The molecule has 1 aliphatic rings. The number of benzene rings is 1. The fourth-order valence-corrected chi connectivity index (χ4v) is 1.94. The van der Waals surface area contributed by atoms with Gasteiger partial charge in [-0.1, -0.05) is 45.0 Å². The molecule has 1 nitrogen and oxygen atoms in total. The summed E-state index contributed by atoms with van der Waals surface area (Å²) in [5, 5.41) is 9.77. The van der Waals surface area contributed by atoms with E-state index in [4.69, 9.17) is 0 Å². The molecule has 0 bridgehead atoms. The second kappa shape index (κ2) is 3.89. The van der Waals surface area contributed by atoms with Crippen LogP contribution in [0.2, 0.25) is 0 Å². The predicted octanol–water partition coefficient (Wildman–Crippen LogP) is 3.44. The van der Waals surface area contributed by atoms with Crippen LogP contribution in [0.15, 0.2) is 24.3 Å². The van der Waals surface area contributed by atoms with Crippen LogP contribution in [0.5, 0.6) is 0 Å². The Hall–Kier alpha value is -0.820. The van der Waals surface area contributed by atoms with Crippen LogP contribution in [-0.2, 0) is 11.8 Å². The van der Waals surface area contributed by atoms with E-state index in [2.05, 4.69) is 45.0 Å². The molecule has 1 fully saturated rings. The first-order valence-corrected chi connectivity index (χ1v) is 6.21. The molecule has 0 aliphatic heterocycles. The van der Waals surface area contributed by atoms with Gasteiger partial charge in [0.05, 0.1) is 5.60 Å². The molecule has 0 unspecified atom stereocenters. The van der Waals surface area contributed by atoms with Crippen molar-refractivity contribution >= 4 is 0 Å². The zero-order chi connectivity index (χ0) is 11.8. The average molecular weight is 218 g/mol. The van der Waals surface area contributed by atoms with E-state index in [-0.39, 0.29) is 11.0 Å². The topological polar surface area (TPSA) is 20.2 Å². The Morgan fingerprint density at radius 2 is 1.69 bits per heavy atom. The van der Waals surface area contributed by atoms with Crippen molar-refractivity contribution < 1.29 is 5.11 Å². The van der Waals surface area contributed by atoms with E-state index >= 15 is 0 Å². The Morgan fingerprint density at radius 1 is 1.12 bits per heavy atom. The van der Waals surface area contributed by atoms with Gasteiger partial charge in [0.2, 0.25) is 0 Å². The molecule has 1 aromatic rings. The molecule has 0 amide bonds. The maximum Gasteiger partial charge on any atom is 0.0653 e. The second-order valence-electron chi connectivity index (χ2n) is 6.17. The average Bonchev–Trinajstić information content (AvgIpc) is 2.94. The van der Waals surface area contributed by atoms with Gasteiger partial charge in [0.25, 0.3) is 0 Å². The number of rotatable bonds is 3. The van der Waals surface area contributed by atoms with Crippen LogP contribution in [0, 0.1) is 0 Å². The molecule has 88 valence electrons. The van der Waals surface area contributed by atoms with Gasteiger partial charge in [-0.3, -0.25) is 0 Å². The largest absolute Gasteiger partial charge is 0.390 e. The summed E-state index contributed by atoms with van der Waals surface area (Å²) in [7, 11) is 0. The molecule has 2 rings (SSSR count). The molecule has 1 heteroatoms. The molecule has 0 saturated heterocycles. The Balaban J connectivity index is 1.96. The first kappa shape index (κ1) is 11.7. The van der Waals surface area contributed by atoms with Gasteiger partial charge in [-0.2, -0.15) is 0 Å². The Labute approximate surface area is 98.5 Å². The van der Waals surface area contributed by atoms with Gasteiger partial charge in [0.15, 0.2) is 0 Å². The van der Waals surface area contributed by atoms with E-state index in [1.807, 2.05) is 0 Å². The third kappa shape index (κ3) is 2.85. The monoisotopic (exact) mass is 218 g/mol. The first-order valence-electron chi connectivity index (χ1n) is 6.21. The Morgan fingerprint density at radius 3 is 2.12 bits per heavy atom. The van der Waals surface area contributed by atoms with Crippen LogP contribution >= 0.6 is 0 Å². The van der Waals surface area contributed by atoms with E-state index in [0.29, 0.717) is 0 Å². The summed E-state index contributed by atoms with van der Waals surface area (Å²) in [5.74, 6) is 0. The zero-order valence-corrected chi connectivity index (χ0v) is 10.6. The summed E-state index contributed by atoms with van der Waals surface area (Å²) in [6.07, 6.45) is 3.91. The lowest BCUT2D eigenvalue weighted by molar-refractivity contribution is 0.140. The van der Waals surface area contributed by atoms with Crippen molar-refractivity contribution in [3.8, 4) is 0 Å². The van der Waals surface area contributed by atoms with Crippen LogP contribution in [0.1, 0.15) is 51.2 Å². The highest BCUT2D eigenvalue weighted by atomic mass is 16.3. The van der Waals surface area contributed by atoms with Crippen molar-refractivity contribution in [3.63, 3.8) is 0 Å². The molecule has 0 radical (unpaired) electrons. The number of hydrogen-bond donors (Lipinski definition) is 1. The summed E-state index contributed by atoms with van der Waals surface area (Å²) < 4.78 is 0. The van der Waals surface area contributed by atoms with Gasteiger partial charge in [-0.15, -0.1) is 0 Å². The Kier molecular flexibility index (Phi) is 2.83. The third-order valence-corrected chi connectivity index (χ3v) is 3.53. The minimum atomic E-state index is -0.317. The lowest BCUT2D eigenvalue weighted by atomic mass is 9.86. The van der Waals surface area contributed by atoms with E-state index in [9.17, 15) is 5.11 Å². The van der Waals surface area contributed by atoms with E-state index in [1.54, 1.807) is 0 Å². The van der Waals surface area contributed by atoms with Gasteiger partial charge in [-0.05, 0) is 42.2 Å². The molecule has 1 aromatic carbocycles. The van der Waals surface area contributed by atoms with Crippen LogP contribution in [0.4, 0.5) is 0 Å². The van der Waals surface area contributed by atoms with Gasteiger partial charge >= 0.3 is 0 Å². The molecule has 16 heavy (non-hydrogen) atoms. The van der Waals surface area contributed by atoms with Gasteiger partial charge < -0.3 is 5.11 Å². The van der Waals surface area contributed by atoms with Crippen LogP contribution in [-0.4, -0.2) is 10.7 Å². The van der Waals surface area contributed by atoms with Crippen LogP contribution in [0.3, 0.4) is 0 Å². The fourth-order valence-electron chi connectivity index (χ4n) is 1.94. The fraction of sp³-hybridized carbons (Fsp3) is 0.600. The van der Waals surface area contributed by atoms with Gasteiger partial charge in [-0.25, -0.2) is 0 Å². The molecule has 0 aromatic heterocycles. The van der Waals surface area contributed by atoms with Crippen molar-refractivity contribution in [3.05, 3.63) is 35.4 Å². The van der Waals surface area contributed by atoms with Crippen molar-refractivity contribution in [2.45, 2.75) is 57.5 Å². The highest BCUT2D eigenvalue weighted by molar-refractivity contribution is 5.27. The normalized spacial score (nSPS) is 18.5. The summed E-state index contributed by atoms with van der Waals surface area (Å²) >= 11 is 0. The predicted molar refractivity (Wildman–Crippen MR) is 67.6 cm³/mol. The summed E-state index contributed by atoms with van der Waals surface area (Å²) in [4.78, 5) is 0. The molecule has 1 saturated carbocycles. The van der Waals surface area contributed by atoms with Gasteiger partial charge in [0, 0.05) is 0 Å². The maximum absolute atomic E-state index is 9.77. The number of aliphatic hydroxyl groups is 1. The number of hydrogen-bond acceptors (Lipinski definition) is 1. The van der Waals surface area contributed by atoms with Crippen molar-refractivity contribution in [1.82, 2.24) is 0 Å². The molecular formula is C15H22O. The standard InChI is InChI=1S/C15H22O/c1-14(2,3)13-6-4-12(5-7-13)8-9-15(16)10-11-15/h4-7,16H,8-11H2,1-3H3. The van der Waals surface area contributed by atoms with E-state index < -0.39 is 0 Å². The smallest absolute Gasteiger partial charge is 0.0653 e. The van der Waals surface area contributed by atoms with Crippen LogP contribution in [0.25, 0.3) is 0 Å². The van der Waals surface area contributed by atoms with Crippen LogP contribution < -0.4 is 0 Å². The molecule has 1 aliphatic carbocycles. The maximum atomic E-state index is 9.77. The minimum Gasteiger partial charge on any atom is -0.390 e. The molecule has 0 atom stereocenters. The second-order valence-corrected chi connectivity index (χ2v) is 6.17. The lowest BCUT2D eigenvalue weighted by Gasteiger charge is -2.19. The van der Waals surface area contributed by atoms with Crippen molar-refractivity contribution in [2.24, 2.45) is 0 Å². The molecule has 0 spiro atoms. The SMILES string of the molecule is CC(C)(C)c1ccc(CCC2(O)CC2)cc1. The summed E-state index contributed by atoms with van der Waals surface area (Å²) in [6.45, 7) is 6.69. The van der Waals surface area contributed by atoms with E-state index in [0.717, 1.165) is 25.7 Å². The van der Waals surface area contributed by atoms with Crippen molar-refractivity contribution in [1.29, 1.82) is 0 Å².